The Morgan fingerprint density at radius 2 is 0.932 bits per heavy atom. The fraction of sp³-hybridized carbons (Fsp3) is 0.787. The SMILES string of the molecule is CC/C=C\C/C=C\C/C=C\C/C=C\C/C=C\C/C=C\CCCCCCC(=O)OC(COCCCCCCCCCCCCCCCCCCCCCCCCCC)COC1OC(CO)C(O)C(OS(=O)(=O)O)C1O. The predicted molar refractivity (Wildman–Crippen MR) is 303 cm³/mol. The Morgan fingerprint density at radius 3 is 1.36 bits per heavy atom. The Morgan fingerprint density at radius 1 is 0.527 bits per heavy atom. The van der Waals surface area contributed by atoms with Crippen LogP contribution in [0.2, 0.25) is 0 Å². The number of hydrogen-bond donors (Lipinski definition) is 4. The van der Waals surface area contributed by atoms with E-state index in [0.717, 1.165) is 83.5 Å². The molecule has 1 saturated heterocycles. The lowest BCUT2D eigenvalue weighted by Crippen LogP contribution is -2.60. The van der Waals surface area contributed by atoms with E-state index in [2.05, 4.69) is 90.9 Å². The lowest BCUT2D eigenvalue weighted by atomic mass is 9.99. The molecule has 1 aliphatic heterocycles. The molecule has 0 radical (unpaired) electrons. The Bertz CT molecular complexity index is 1560. The van der Waals surface area contributed by atoms with Crippen molar-refractivity contribution in [2.75, 3.05) is 26.4 Å². The van der Waals surface area contributed by atoms with Crippen LogP contribution in [0.15, 0.2) is 72.9 Å². The number of allylic oxidation sites excluding steroid dienone is 12. The second-order valence-electron chi connectivity index (χ2n) is 20.2. The van der Waals surface area contributed by atoms with Gasteiger partial charge in [-0.2, -0.15) is 8.42 Å². The van der Waals surface area contributed by atoms with Gasteiger partial charge in [0.15, 0.2) is 6.29 Å². The van der Waals surface area contributed by atoms with Crippen LogP contribution in [0.3, 0.4) is 0 Å². The highest BCUT2D eigenvalue weighted by Crippen LogP contribution is 2.26. The topological polar surface area (TPSA) is 178 Å². The molecule has 430 valence electrons. The van der Waals surface area contributed by atoms with Gasteiger partial charge < -0.3 is 34.3 Å². The second kappa shape index (κ2) is 51.3. The van der Waals surface area contributed by atoms with E-state index in [-0.39, 0.29) is 19.6 Å². The van der Waals surface area contributed by atoms with Crippen molar-refractivity contribution in [2.24, 2.45) is 0 Å². The highest BCUT2D eigenvalue weighted by Gasteiger charge is 2.48. The van der Waals surface area contributed by atoms with E-state index < -0.39 is 59.8 Å². The molecule has 0 aromatic carbocycles. The van der Waals surface area contributed by atoms with Crippen molar-refractivity contribution < 1.29 is 56.2 Å². The van der Waals surface area contributed by atoms with Gasteiger partial charge in [-0.15, -0.1) is 0 Å². The quantitative estimate of drug-likeness (QED) is 0.0196. The molecule has 1 fully saturated rings. The monoisotopic (exact) mass is 1060 g/mol. The highest BCUT2D eigenvalue weighted by molar-refractivity contribution is 7.80. The highest BCUT2D eigenvalue weighted by atomic mass is 32.3. The van der Waals surface area contributed by atoms with E-state index in [1.54, 1.807) is 0 Å². The molecular weight excluding hydrogens is 957 g/mol. The van der Waals surface area contributed by atoms with Crippen LogP contribution in [-0.2, 0) is 38.3 Å². The average Bonchev–Trinajstić information content (AvgIpc) is 3.38. The van der Waals surface area contributed by atoms with Crippen LogP contribution in [0, 0.1) is 0 Å². The number of aliphatic hydroxyl groups is 3. The van der Waals surface area contributed by atoms with E-state index in [1.807, 2.05) is 0 Å². The zero-order valence-electron chi connectivity index (χ0n) is 46.6. The van der Waals surface area contributed by atoms with Gasteiger partial charge in [0.1, 0.15) is 30.5 Å². The molecule has 1 aliphatic rings. The molecule has 6 atom stereocenters. The van der Waals surface area contributed by atoms with Crippen molar-refractivity contribution in [1.29, 1.82) is 0 Å². The summed E-state index contributed by atoms with van der Waals surface area (Å²) in [6, 6.07) is 0. The minimum atomic E-state index is -5.08. The molecule has 4 N–H and O–H groups in total. The van der Waals surface area contributed by atoms with Crippen LogP contribution in [0.4, 0.5) is 0 Å². The van der Waals surface area contributed by atoms with Crippen LogP contribution in [0.1, 0.15) is 245 Å². The first kappa shape index (κ1) is 69.6. The summed E-state index contributed by atoms with van der Waals surface area (Å²) in [5.74, 6) is -0.421. The standard InChI is InChI=1S/C61H108O12S/c1-3-5-7-9-11-13-15-17-19-21-23-25-27-29-31-33-35-37-39-41-43-45-47-49-51-69-53-55(54-70-61-59(65)60(73-74(66,67)68)58(64)56(52-62)72-61)71-57(63)50-48-46-44-42-40-38-36-34-32-30-28-26-24-22-20-18-16-14-12-10-8-6-4-2/h6,8,12,14,18,20,24,26,30,32,36,38,55-56,58-62,64-65H,3-5,7,9-11,13,15-17,19,21-23,25,27-29,31,33-35,37,39-54H2,1-2H3,(H,66,67,68)/b8-6-,14-12-,20-18-,26-24-,32-30-,38-36-. The largest absolute Gasteiger partial charge is 0.457 e. The Kier molecular flexibility index (Phi) is 48.2. The first-order chi connectivity index (χ1) is 36.1. The molecule has 0 amide bonds. The van der Waals surface area contributed by atoms with Crippen molar-refractivity contribution in [3.05, 3.63) is 72.9 Å². The number of carbonyl (C=O) groups is 1. The third-order valence-corrected chi connectivity index (χ3v) is 13.8. The van der Waals surface area contributed by atoms with Crippen molar-refractivity contribution in [3.8, 4) is 0 Å². The summed E-state index contributed by atoms with van der Waals surface area (Å²) in [4.78, 5) is 13.0. The molecule has 0 aliphatic carbocycles. The summed E-state index contributed by atoms with van der Waals surface area (Å²) < 4.78 is 59.4. The lowest BCUT2D eigenvalue weighted by molar-refractivity contribution is -0.301. The van der Waals surface area contributed by atoms with Crippen LogP contribution < -0.4 is 0 Å². The van der Waals surface area contributed by atoms with Crippen LogP contribution >= 0.6 is 0 Å². The van der Waals surface area contributed by atoms with E-state index in [4.69, 9.17) is 18.9 Å². The van der Waals surface area contributed by atoms with Crippen LogP contribution in [0.25, 0.3) is 0 Å². The van der Waals surface area contributed by atoms with E-state index >= 15 is 0 Å². The summed E-state index contributed by atoms with van der Waals surface area (Å²) in [7, 11) is -5.08. The Hall–Kier alpha value is -2.46. The van der Waals surface area contributed by atoms with Gasteiger partial charge in [-0.25, -0.2) is 4.18 Å². The van der Waals surface area contributed by atoms with Gasteiger partial charge in [-0.3, -0.25) is 9.35 Å². The molecule has 1 heterocycles. The summed E-state index contributed by atoms with van der Waals surface area (Å²) in [6.07, 6.45) is 59.4. The zero-order chi connectivity index (χ0) is 53.8. The maximum absolute atomic E-state index is 13.0. The predicted octanol–water partition coefficient (Wildman–Crippen LogP) is 15.0. The maximum Gasteiger partial charge on any atom is 0.397 e. The summed E-state index contributed by atoms with van der Waals surface area (Å²) in [5, 5.41) is 30.9. The molecule has 12 nitrogen and oxygen atoms in total. The van der Waals surface area contributed by atoms with Gasteiger partial charge in [0.05, 0.1) is 19.8 Å². The van der Waals surface area contributed by atoms with Crippen LogP contribution in [0.5, 0.6) is 0 Å². The third kappa shape index (κ3) is 43.6. The first-order valence-corrected chi connectivity index (χ1v) is 31.1. The summed E-state index contributed by atoms with van der Waals surface area (Å²) >= 11 is 0. The number of aliphatic hydroxyl groups excluding tert-OH is 3. The summed E-state index contributed by atoms with van der Waals surface area (Å²) in [5.41, 5.74) is 0. The van der Waals surface area contributed by atoms with E-state index in [1.165, 1.54) is 135 Å². The van der Waals surface area contributed by atoms with Crippen molar-refractivity contribution in [1.82, 2.24) is 0 Å². The van der Waals surface area contributed by atoms with Gasteiger partial charge in [-0.1, -0.05) is 247 Å². The average molecular weight is 1070 g/mol. The number of unbranched alkanes of at least 4 members (excludes halogenated alkanes) is 27. The normalized spacial score (nSPS) is 19.2. The molecule has 0 aromatic heterocycles. The van der Waals surface area contributed by atoms with Gasteiger partial charge in [0.25, 0.3) is 0 Å². The number of ether oxygens (including phenoxy) is 4. The van der Waals surface area contributed by atoms with Crippen molar-refractivity contribution in [2.45, 2.75) is 282 Å². The minimum absolute atomic E-state index is 0.0247. The smallest absolute Gasteiger partial charge is 0.397 e. The number of hydrogen-bond acceptors (Lipinski definition) is 11. The fourth-order valence-electron chi connectivity index (χ4n) is 8.91. The van der Waals surface area contributed by atoms with Gasteiger partial charge in [0.2, 0.25) is 0 Å². The Labute approximate surface area is 451 Å². The first-order valence-electron chi connectivity index (χ1n) is 29.7. The van der Waals surface area contributed by atoms with Gasteiger partial charge in [-0.05, 0) is 64.2 Å². The lowest BCUT2D eigenvalue weighted by Gasteiger charge is -2.41. The molecule has 0 saturated carbocycles. The Balaban J connectivity index is 2.31. The van der Waals surface area contributed by atoms with Gasteiger partial charge in [0, 0.05) is 13.0 Å². The van der Waals surface area contributed by atoms with E-state index in [0.29, 0.717) is 13.0 Å². The number of carbonyl (C=O) groups excluding carboxylic acids is 1. The molecule has 0 bridgehead atoms. The molecule has 0 spiro atoms. The zero-order valence-corrected chi connectivity index (χ0v) is 47.5. The van der Waals surface area contributed by atoms with Crippen molar-refractivity contribution in [3.63, 3.8) is 0 Å². The molecule has 6 unspecified atom stereocenters. The molecular formula is C61H108O12S. The van der Waals surface area contributed by atoms with E-state index in [9.17, 15) is 33.1 Å². The van der Waals surface area contributed by atoms with Crippen molar-refractivity contribution >= 4 is 16.4 Å². The molecule has 74 heavy (non-hydrogen) atoms. The molecule has 13 heteroatoms. The number of rotatable bonds is 52. The van der Waals surface area contributed by atoms with Gasteiger partial charge >= 0.3 is 16.4 Å². The third-order valence-electron chi connectivity index (χ3n) is 13.3. The summed E-state index contributed by atoms with van der Waals surface area (Å²) in [6.45, 7) is 3.89. The molecule has 0 aromatic rings. The molecule has 1 rings (SSSR count). The maximum atomic E-state index is 13.0. The second-order valence-corrected chi connectivity index (χ2v) is 21.3. The van der Waals surface area contributed by atoms with Crippen LogP contribution in [-0.4, -0.2) is 97.5 Å². The minimum Gasteiger partial charge on any atom is -0.457 e. The number of esters is 1. The fourth-order valence-corrected chi connectivity index (χ4v) is 9.42.